The van der Waals surface area contributed by atoms with Crippen molar-refractivity contribution in [2.75, 3.05) is 33.3 Å². The standard InChI is InChI=1S/C37H30N2O5.C35H30N2O4.C34H28N2O5.C3H3Br.CH2O3.3CH4.2Cs.H/c1-5-19-43-28-15-11-25(12-16-28)34-38-33-30(35(40)39-34)32(24-9-7-6-8-10-24)37(26-13-17-27(42-4)18-14-26)36(33,41)31-23(3)20-22(2)21-29(31)44-37;1-20-10-12-24(13-11-20)32-36-31-28(33(38)37-32)30(23-8-6-5-7-9-23)35(25-14-16-26(40-4)17-15-25)34(31,39)29-22(3)18-21(2)19-27(29)41-35;1-19-17-20(2)28-26(18-19)41-34(23-11-15-25(40-3)16-12-23)29(21-7-5-4-6-8-21)27-30(33(28,34)39)35-31(36-32(27)38)22-9-13-24(37)14-10-22;1-2-3-4;2-1-4-3;;;;;;/h1,6-18,20-21,32,41H,19H2,2-4H3,(H,38,39,40);5-19,30,39H,1-4H3,(H,36,37,38);4-18,29,37,39H,1-3H3,(H,35,36,38);1H,3H2;1,3H;3*1H4;;;/q;;;;;;;;2*+1;-1/p-1/t32-,36+,37+;30-,34+,35+;29-,33+,34+;;;;;;;;/m111......../s1. The van der Waals surface area contributed by atoms with Gasteiger partial charge in [0.1, 0.15) is 70.1 Å². The van der Waals surface area contributed by atoms with Crippen molar-refractivity contribution in [1.82, 2.24) is 29.9 Å². The van der Waals surface area contributed by atoms with Gasteiger partial charge in [0.05, 0.1) is 78.2 Å². The van der Waals surface area contributed by atoms with Crippen LogP contribution in [0, 0.1) is 73.2 Å². The van der Waals surface area contributed by atoms with Gasteiger partial charge in [-0.05, 0) is 202 Å². The molecule has 12 aromatic carbocycles. The number of aromatic nitrogens is 6. The smallest absolute Gasteiger partial charge is 1.00 e. The van der Waals surface area contributed by atoms with Crippen LogP contribution in [0.3, 0.4) is 0 Å². The summed E-state index contributed by atoms with van der Waals surface area (Å²) in [6, 6.07) is 84.8. The molecule has 0 amide bonds. The number of nitrogens with zero attached hydrogens (tertiary/aromatic N) is 3. The number of aromatic hydroxyl groups is 1. The summed E-state index contributed by atoms with van der Waals surface area (Å²) in [4.78, 5) is 77.9. The molecule has 0 fully saturated rings. The van der Waals surface area contributed by atoms with Crippen molar-refractivity contribution in [3.05, 3.63) is 427 Å². The molecule has 6 aliphatic rings. The zero-order valence-corrected chi connectivity index (χ0v) is 90.8. The van der Waals surface area contributed by atoms with Crippen LogP contribution in [-0.4, -0.2) is 90.1 Å². The Morgan fingerprint density at radius 2 is 0.683 bits per heavy atom. The van der Waals surface area contributed by atoms with Gasteiger partial charge in [-0.3, -0.25) is 19.2 Å². The van der Waals surface area contributed by atoms with Crippen molar-refractivity contribution in [2.45, 2.75) is 122 Å². The molecule has 3 aliphatic carbocycles. The van der Waals surface area contributed by atoms with Crippen LogP contribution >= 0.6 is 15.9 Å². The minimum Gasteiger partial charge on any atom is -1.00 e. The van der Waals surface area contributed by atoms with Crippen molar-refractivity contribution in [3.8, 4) is 105 Å². The Labute approximate surface area is 935 Å². The molecule has 0 radical (unpaired) electrons. The van der Waals surface area contributed by atoms with Gasteiger partial charge in [0.25, 0.3) is 23.2 Å². The van der Waals surface area contributed by atoms with E-state index in [-0.39, 0.29) is 214 Å². The number of ether oxygens (including phenoxy) is 7. The fourth-order valence-electron chi connectivity index (χ4n) is 20.6. The molecule has 15 aromatic rings. The number of carbonyl (C=O) groups is 1. The number of aryl methyl sites for hydroxylation is 7. The number of halogens is 1. The van der Waals surface area contributed by atoms with E-state index in [0.29, 0.717) is 119 Å². The van der Waals surface area contributed by atoms with Gasteiger partial charge in [0.15, 0.2) is 33.6 Å². The summed E-state index contributed by atoms with van der Waals surface area (Å²) in [5, 5.41) is 59.0. The number of phenolic OH excluding ortho intramolecular Hbond substituents is 1. The summed E-state index contributed by atoms with van der Waals surface area (Å²) in [5.41, 5.74) is 6.29. The second-order valence-corrected chi connectivity index (χ2v) is 34.3. The van der Waals surface area contributed by atoms with Crippen LogP contribution in [0.5, 0.6) is 46.0 Å². The molecule has 26 heteroatoms. The number of hydrogen-bond donors (Lipinski definition) is 7. The first-order valence-corrected chi connectivity index (χ1v) is 44.2. The number of H-pyrrole nitrogens is 3. The number of phenols is 1. The molecule has 9 atom stereocenters. The van der Waals surface area contributed by atoms with Crippen LogP contribution in [0.25, 0.3) is 34.2 Å². The topological polar surface area (TPSA) is 332 Å². The van der Waals surface area contributed by atoms with Crippen LogP contribution in [-0.2, 0) is 43.3 Å². The van der Waals surface area contributed by atoms with Crippen molar-refractivity contribution >= 4 is 22.4 Å². The number of hydrogen-bond acceptors (Lipinski definition) is 20. The van der Waals surface area contributed by atoms with Crippen molar-refractivity contribution in [1.29, 1.82) is 0 Å². The first-order chi connectivity index (χ1) is 64.7. The summed E-state index contributed by atoms with van der Waals surface area (Å²) in [6.45, 7) is 13.8. The van der Waals surface area contributed by atoms with E-state index in [1.54, 1.807) is 57.7 Å². The van der Waals surface area contributed by atoms with Gasteiger partial charge in [-0.15, -0.1) is 12.8 Å². The summed E-state index contributed by atoms with van der Waals surface area (Å²) in [7, 11) is 4.82. The number of rotatable bonds is 15. The molecule has 3 aromatic heterocycles. The third kappa shape index (κ3) is 18.0. The largest absolute Gasteiger partial charge is 1.00 e. The average Bonchev–Trinajstić information content (AvgIpc) is 1.50. The zero-order valence-electron chi connectivity index (χ0n) is 77.7. The summed E-state index contributed by atoms with van der Waals surface area (Å²) in [5.74, 6) is 8.16. The second-order valence-electron chi connectivity index (χ2n) is 33.7. The van der Waals surface area contributed by atoms with Crippen molar-refractivity contribution in [2.24, 2.45) is 0 Å². The Bertz CT molecular complexity index is 7050. The van der Waals surface area contributed by atoms with Crippen LogP contribution in [0.4, 0.5) is 0 Å². The van der Waals surface area contributed by atoms with E-state index in [1.165, 1.54) is 12.1 Å². The zero-order chi connectivity index (χ0) is 94.5. The average molecular weight is 2160 g/mol. The molecule has 698 valence electrons. The second kappa shape index (κ2) is 43.4. The first-order valence-electron chi connectivity index (χ1n) is 43.1. The van der Waals surface area contributed by atoms with E-state index in [2.05, 4.69) is 47.6 Å². The van der Waals surface area contributed by atoms with E-state index in [0.717, 1.165) is 66.8 Å². The number of fused-ring (bicyclic) bond motifs is 15. The molecule has 0 saturated heterocycles. The molecule has 3 aliphatic heterocycles. The fraction of sp³-hybridized carbons (Fsp3) is 0.212. The van der Waals surface area contributed by atoms with Crippen LogP contribution in [0.15, 0.2) is 287 Å². The summed E-state index contributed by atoms with van der Waals surface area (Å²) < 4.78 is 42.9. The maximum atomic E-state index is 14.3. The molecule has 0 unspecified atom stereocenters. The third-order valence-corrected chi connectivity index (χ3v) is 26.1. The minimum absolute atomic E-state index is 0. The Kier molecular flexibility index (Phi) is 33.3. The van der Waals surface area contributed by atoms with Gasteiger partial charge in [-0.25, -0.2) is 15.0 Å². The van der Waals surface area contributed by atoms with Gasteiger partial charge in [-0.1, -0.05) is 225 Å². The first kappa shape index (κ1) is 107. The van der Waals surface area contributed by atoms with Gasteiger partial charge in [-0.2, -0.15) is 0 Å². The Balaban J connectivity index is 0.000000189. The number of benzene rings is 12. The SMILES string of the molecule is C.C.C.C#CCBr.C#CCOc1ccc(-c2nc3c(c(=O)[nH]2)[C@@H](c2ccccc2)[C@]2(c4ccc(OC)cc4)Oc4cc(C)cc(C)c4[C@]32O)cc1.COc1ccc([C@@]23Oc4cc(C)cc(C)c4[C@]2(O)c2nc(-c4ccc(C)cc4)[nH]c(=O)c2[C@H]3c2ccccc2)cc1.COc1ccc([C@@]23Oc4cc(C)cc(C)c4[C@]2(O)c2nc(-c4ccc(O)cc4)[nH]c(=O)c2[C@H]3c2ccccc2)cc1.O=CO[O-].[Cs+].[Cs+].[H-]. The number of nitrogens with one attached hydrogen (secondary N) is 3. The van der Waals surface area contributed by atoms with Crippen molar-refractivity contribution in [3.63, 3.8) is 0 Å². The van der Waals surface area contributed by atoms with Crippen molar-refractivity contribution < 1.29 is 208 Å². The summed E-state index contributed by atoms with van der Waals surface area (Å²) in [6.07, 6.45) is 10.1. The molecular formula is C113H105BrCs2N6O17. The molecule has 0 saturated carbocycles. The molecule has 21 rings (SSSR count). The Morgan fingerprint density at radius 3 is 0.942 bits per heavy atom. The number of carbonyl (C=O) groups excluding carboxylic acids is 1. The molecule has 6 heterocycles. The maximum Gasteiger partial charge on any atom is 1.00 e. The number of terminal acetylenes is 2. The van der Waals surface area contributed by atoms with Crippen LogP contribution < -0.4 is 193 Å². The quantitative estimate of drug-likeness (QED) is 0.0165. The third-order valence-electron chi connectivity index (χ3n) is 25.8. The van der Waals surface area contributed by atoms with E-state index in [4.69, 9.17) is 71.0 Å². The number of alkyl halides is 1. The van der Waals surface area contributed by atoms with Crippen LogP contribution in [0.1, 0.15) is 164 Å². The molecular weight excluding hydrogens is 2060 g/mol. The van der Waals surface area contributed by atoms with Gasteiger partial charge >= 0.3 is 138 Å². The number of aromatic amines is 3. The van der Waals surface area contributed by atoms with Gasteiger partial charge in [0, 0.05) is 50.1 Å². The van der Waals surface area contributed by atoms with Gasteiger partial charge in [0.2, 0.25) is 0 Å². The van der Waals surface area contributed by atoms with Crippen LogP contribution in [0.2, 0.25) is 0 Å². The molecule has 0 bridgehead atoms. The normalized spacial score (nSPS) is 19.9. The molecule has 139 heavy (non-hydrogen) atoms. The molecule has 0 spiro atoms. The predicted molar refractivity (Wildman–Crippen MR) is 530 cm³/mol. The Hall–Kier alpha value is -11.3. The monoisotopic (exact) mass is 2160 g/mol. The number of aliphatic hydroxyl groups is 3. The maximum absolute atomic E-state index is 14.3. The fourth-order valence-corrected chi connectivity index (χ4v) is 20.6. The predicted octanol–water partition coefficient (Wildman–Crippen LogP) is 12.7. The minimum atomic E-state index is -1.82. The van der Waals surface area contributed by atoms with Gasteiger partial charge < -0.3 is 80.1 Å². The summed E-state index contributed by atoms with van der Waals surface area (Å²) >= 11 is 3.01. The molecule has 23 nitrogen and oxygen atoms in total. The Morgan fingerprint density at radius 1 is 0.417 bits per heavy atom. The van der Waals surface area contributed by atoms with E-state index in [1.807, 2.05) is 273 Å². The molecule has 7 N–H and O–H groups in total. The van der Waals surface area contributed by atoms with E-state index >= 15 is 0 Å². The number of methoxy groups -OCH3 is 3. The van der Waals surface area contributed by atoms with E-state index < -0.39 is 51.4 Å². The van der Waals surface area contributed by atoms with E-state index in [9.17, 15) is 34.8 Å².